The molecule has 0 saturated carbocycles. The second-order valence-corrected chi connectivity index (χ2v) is 5.13. The number of rotatable bonds is 3. The van der Waals surface area contributed by atoms with Crippen LogP contribution < -0.4 is 5.32 Å². The van der Waals surface area contributed by atoms with Crippen LogP contribution in [0.1, 0.15) is 0 Å². The Balaban J connectivity index is 1.84. The summed E-state index contributed by atoms with van der Waals surface area (Å²) in [4.78, 5) is 4.43. The van der Waals surface area contributed by atoms with Crippen molar-refractivity contribution in [1.82, 2.24) is 14.8 Å². The Kier molecular flexibility index (Phi) is 3.03. The molecule has 20 heavy (non-hydrogen) atoms. The fourth-order valence-electron chi connectivity index (χ4n) is 1.76. The molecule has 0 amide bonds. The third-order valence-corrected chi connectivity index (χ3v) is 3.49. The topological polar surface area (TPSA) is 83.2 Å². The lowest BCUT2D eigenvalue weighted by atomic mass is 10.1. The van der Waals surface area contributed by atoms with E-state index in [2.05, 4.69) is 15.4 Å². The number of nitrogens with zero attached hydrogens (tertiary/aromatic N) is 3. The van der Waals surface area contributed by atoms with Crippen LogP contribution >= 0.6 is 11.3 Å². The highest BCUT2D eigenvalue weighted by Gasteiger charge is 2.08. The number of aryl methyl sites for hydroxylation is 1. The van der Waals surface area contributed by atoms with Crippen molar-refractivity contribution in [3.05, 3.63) is 36.0 Å². The Bertz CT molecular complexity index is 750. The molecule has 0 radical (unpaired) electrons. The van der Waals surface area contributed by atoms with E-state index in [0.717, 1.165) is 22.1 Å². The Morgan fingerprint density at radius 2 is 2.10 bits per heavy atom. The largest absolute Gasteiger partial charge is 0.504 e. The van der Waals surface area contributed by atoms with Gasteiger partial charge in [0.05, 0.1) is 17.6 Å². The molecule has 0 aliphatic heterocycles. The molecule has 3 rings (SSSR count). The molecule has 0 bridgehead atoms. The van der Waals surface area contributed by atoms with E-state index in [1.165, 1.54) is 23.5 Å². The van der Waals surface area contributed by atoms with Gasteiger partial charge < -0.3 is 15.5 Å². The minimum Gasteiger partial charge on any atom is -0.504 e. The van der Waals surface area contributed by atoms with Crippen molar-refractivity contribution >= 4 is 22.2 Å². The van der Waals surface area contributed by atoms with Crippen LogP contribution in [0, 0.1) is 0 Å². The van der Waals surface area contributed by atoms with Crippen LogP contribution in [0.2, 0.25) is 0 Å². The number of hydrogen-bond donors (Lipinski definition) is 3. The number of benzene rings is 1. The van der Waals surface area contributed by atoms with E-state index in [4.69, 9.17) is 0 Å². The molecule has 3 N–H and O–H groups in total. The molecular weight excluding hydrogens is 276 g/mol. The standard InChI is InChI=1S/C13H12N4O2S/c1-17-6-9(5-14-17)15-13-16-10(7-20-13)8-2-3-11(18)12(19)4-8/h2-7,18-19H,1H3,(H,15,16). The lowest BCUT2D eigenvalue weighted by molar-refractivity contribution is 0.404. The van der Waals surface area contributed by atoms with E-state index in [1.807, 2.05) is 18.6 Å². The summed E-state index contributed by atoms with van der Waals surface area (Å²) in [5.74, 6) is -0.296. The predicted octanol–water partition coefficient (Wildman–Crippen LogP) is 2.70. The van der Waals surface area contributed by atoms with Gasteiger partial charge in [0.25, 0.3) is 0 Å². The second kappa shape index (κ2) is 4.86. The summed E-state index contributed by atoms with van der Waals surface area (Å²) in [6, 6.07) is 4.63. The normalized spacial score (nSPS) is 10.7. The number of anilines is 2. The summed E-state index contributed by atoms with van der Waals surface area (Å²) in [5.41, 5.74) is 2.34. The van der Waals surface area contributed by atoms with Gasteiger partial charge in [-0.2, -0.15) is 5.10 Å². The van der Waals surface area contributed by atoms with E-state index in [9.17, 15) is 10.2 Å². The first kappa shape index (κ1) is 12.5. The van der Waals surface area contributed by atoms with Crippen LogP contribution in [-0.4, -0.2) is 25.0 Å². The highest BCUT2D eigenvalue weighted by atomic mass is 32.1. The van der Waals surface area contributed by atoms with Gasteiger partial charge in [-0.05, 0) is 18.2 Å². The Morgan fingerprint density at radius 1 is 1.25 bits per heavy atom. The molecule has 102 valence electrons. The molecule has 0 atom stereocenters. The number of thiazole rings is 1. The van der Waals surface area contributed by atoms with Crippen molar-refractivity contribution in [3.8, 4) is 22.8 Å². The van der Waals surface area contributed by atoms with E-state index in [0.29, 0.717) is 0 Å². The summed E-state index contributed by atoms with van der Waals surface area (Å²) < 4.78 is 1.70. The van der Waals surface area contributed by atoms with Crippen LogP contribution in [0.4, 0.5) is 10.8 Å². The summed E-state index contributed by atoms with van der Waals surface area (Å²) in [5, 5.41) is 28.6. The highest BCUT2D eigenvalue weighted by Crippen LogP contribution is 2.32. The van der Waals surface area contributed by atoms with E-state index < -0.39 is 0 Å². The number of aromatic nitrogens is 3. The zero-order valence-corrected chi connectivity index (χ0v) is 11.4. The van der Waals surface area contributed by atoms with Crippen LogP contribution in [0.5, 0.6) is 11.5 Å². The fourth-order valence-corrected chi connectivity index (χ4v) is 2.50. The number of hydrogen-bond acceptors (Lipinski definition) is 6. The van der Waals surface area contributed by atoms with E-state index in [-0.39, 0.29) is 11.5 Å². The molecule has 0 aliphatic rings. The third kappa shape index (κ3) is 2.43. The summed E-state index contributed by atoms with van der Waals surface area (Å²) in [6.45, 7) is 0. The Hall–Kier alpha value is -2.54. The molecule has 2 heterocycles. The van der Waals surface area contributed by atoms with E-state index in [1.54, 1.807) is 16.9 Å². The lowest BCUT2D eigenvalue weighted by Crippen LogP contribution is -1.88. The maximum Gasteiger partial charge on any atom is 0.187 e. The third-order valence-electron chi connectivity index (χ3n) is 2.73. The van der Waals surface area contributed by atoms with Crippen LogP contribution in [0.3, 0.4) is 0 Å². The van der Waals surface area contributed by atoms with Crippen molar-refractivity contribution < 1.29 is 10.2 Å². The van der Waals surface area contributed by atoms with Gasteiger partial charge in [-0.25, -0.2) is 4.98 Å². The summed E-state index contributed by atoms with van der Waals surface area (Å²) >= 11 is 1.46. The maximum atomic E-state index is 9.51. The minimum absolute atomic E-state index is 0.141. The van der Waals surface area contributed by atoms with E-state index >= 15 is 0 Å². The molecule has 7 heteroatoms. The summed E-state index contributed by atoms with van der Waals surface area (Å²) in [6.07, 6.45) is 3.57. The first-order valence-electron chi connectivity index (χ1n) is 5.85. The van der Waals surface area contributed by atoms with Crippen molar-refractivity contribution in [2.24, 2.45) is 7.05 Å². The van der Waals surface area contributed by atoms with Crippen molar-refractivity contribution in [2.45, 2.75) is 0 Å². The molecular formula is C13H12N4O2S. The quantitative estimate of drug-likeness (QED) is 0.645. The zero-order valence-electron chi connectivity index (χ0n) is 10.6. The summed E-state index contributed by atoms with van der Waals surface area (Å²) in [7, 11) is 1.84. The van der Waals surface area contributed by atoms with Gasteiger partial charge in [0, 0.05) is 24.2 Å². The maximum absolute atomic E-state index is 9.51. The van der Waals surface area contributed by atoms with Gasteiger partial charge in [-0.3, -0.25) is 4.68 Å². The first-order chi connectivity index (χ1) is 9.61. The molecule has 0 fully saturated rings. The minimum atomic E-state index is -0.155. The molecule has 0 saturated heterocycles. The average molecular weight is 288 g/mol. The average Bonchev–Trinajstić information content (AvgIpc) is 3.03. The Morgan fingerprint density at radius 3 is 2.80 bits per heavy atom. The smallest absolute Gasteiger partial charge is 0.187 e. The molecule has 0 spiro atoms. The molecule has 0 unspecified atom stereocenters. The van der Waals surface area contributed by atoms with Crippen molar-refractivity contribution in [2.75, 3.05) is 5.32 Å². The second-order valence-electron chi connectivity index (χ2n) is 4.27. The first-order valence-corrected chi connectivity index (χ1v) is 6.73. The molecule has 2 aromatic heterocycles. The Labute approximate surface area is 119 Å². The van der Waals surface area contributed by atoms with Gasteiger partial charge in [0.1, 0.15) is 0 Å². The number of nitrogens with one attached hydrogen (secondary N) is 1. The zero-order chi connectivity index (χ0) is 14.1. The molecule has 3 aromatic rings. The van der Waals surface area contributed by atoms with Gasteiger partial charge >= 0.3 is 0 Å². The number of phenols is 2. The molecule has 1 aromatic carbocycles. The molecule has 0 aliphatic carbocycles. The highest BCUT2D eigenvalue weighted by molar-refractivity contribution is 7.14. The number of aromatic hydroxyl groups is 2. The lowest BCUT2D eigenvalue weighted by Gasteiger charge is -2.00. The van der Waals surface area contributed by atoms with Crippen LogP contribution in [-0.2, 0) is 7.05 Å². The SMILES string of the molecule is Cn1cc(Nc2nc(-c3ccc(O)c(O)c3)cs2)cn1. The predicted molar refractivity (Wildman–Crippen MR) is 77.4 cm³/mol. The van der Waals surface area contributed by atoms with Crippen LogP contribution in [0.15, 0.2) is 36.0 Å². The van der Waals surface area contributed by atoms with Crippen molar-refractivity contribution in [3.63, 3.8) is 0 Å². The van der Waals surface area contributed by atoms with Crippen LogP contribution in [0.25, 0.3) is 11.3 Å². The van der Waals surface area contributed by atoms with Crippen molar-refractivity contribution in [1.29, 1.82) is 0 Å². The van der Waals surface area contributed by atoms with Gasteiger partial charge in [-0.1, -0.05) is 0 Å². The van der Waals surface area contributed by atoms with Gasteiger partial charge in [0.15, 0.2) is 16.6 Å². The van der Waals surface area contributed by atoms with Gasteiger partial charge in [0.2, 0.25) is 0 Å². The van der Waals surface area contributed by atoms with Gasteiger partial charge in [-0.15, -0.1) is 11.3 Å². The monoisotopic (exact) mass is 288 g/mol. The number of phenolic OH excluding ortho intramolecular Hbond substituents is 2. The molecule has 6 nitrogen and oxygen atoms in total. The fraction of sp³-hybridized carbons (Fsp3) is 0.0769.